The van der Waals surface area contributed by atoms with Gasteiger partial charge in [0.15, 0.2) is 0 Å². The number of pyridine rings is 1. The highest BCUT2D eigenvalue weighted by molar-refractivity contribution is 7.89. The Balaban J connectivity index is 2.31. The molecule has 1 aromatic carbocycles. The summed E-state index contributed by atoms with van der Waals surface area (Å²) in [5.74, 6) is -0.363. The Kier molecular flexibility index (Phi) is 4.61. The zero-order valence-electron chi connectivity index (χ0n) is 11.5. The van der Waals surface area contributed by atoms with Crippen molar-refractivity contribution in [2.24, 2.45) is 0 Å². The van der Waals surface area contributed by atoms with Gasteiger partial charge in [-0.3, -0.25) is 0 Å². The maximum absolute atomic E-state index is 12.9. The van der Waals surface area contributed by atoms with E-state index in [-0.39, 0.29) is 15.9 Å². The Hall–Kier alpha value is -1.50. The van der Waals surface area contributed by atoms with Gasteiger partial charge in [0, 0.05) is 19.3 Å². The zero-order valence-corrected chi connectivity index (χ0v) is 13.1. The average molecular weight is 329 g/mol. The summed E-state index contributed by atoms with van der Waals surface area (Å²) in [5.41, 5.74) is 0.699. The first-order valence-corrected chi connectivity index (χ1v) is 7.99. The van der Waals surface area contributed by atoms with Gasteiger partial charge >= 0.3 is 0 Å². The van der Waals surface area contributed by atoms with Gasteiger partial charge < -0.3 is 0 Å². The molecule has 1 atom stereocenters. The first-order valence-electron chi connectivity index (χ1n) is 6.17. The minimum atomic E-state index is -3.69. The van der Waals surface area contributed by atoms with Gasteiger partial charge in [-0.05, 0) is 36.8 Å². The maximum atomic E-state index is 12.9. The second-order valence-corrected chi connectivity index (χ2v) is 6.95. The van der Waals surface area contributed by atoms with Gasteiger partial charge in [-0.15, -0.1) is 0 Å². The number of nitrogens with zero attached hydrogens (tertiary/aromatic N) is 2. The van der Waals surface area contributed by atoms with Crippen LogP contribution in [-0.4, -0.2) is 24.8 Å². The van der Waals surface area contributed by atoms with E-state index in [1.54, 1.807) is 19.1 Å². The van der Waals surface area contributed by atoms with E-state index >= 15 is 0 Å². The summed E-state index contributed by atoms with van der Waals surface area (Å²) in [5, 5.41) is 0.225. The van der Waals surface area contributed by atoms with Crippen LogP contribution in [0.2, 0.25) is 5.15 Å². The third-order valence-electron chi connectivity index (χ3n) is 3.28. The summed E-state index contributed by atoms with van der Waals surface area (Å²) in [4.78, 5) is 3.84. The predicted molar refractivity (Wildman–Crippen MR) is 79.0 cm³/mol. The van der Waals surface area contributed by atoms with Crippen LogP contribution in [0.25, 0.3) is 0 Å². The van der Waals surface area contributed by atoms with Gasteiger partial charge in [0.25, 0.3) is 0 Å². The Bertz CT molecular complexity index is 718. The molecule has 0 aliphatic heterocycles. The SMILES string of the molecule is CC(c1ccc(F)cc1)N(C)S(=O)(=O)c1ccc(Cl)nc1. The maximum Gasteiger partial charge on any atom is 0.244 e. The summed E-state index contributed by atoms with van der Waals surface area (Å²) in [6.07, 6.45) is 1.21. The number of hydrogen-bond acceptors (Lipinski definition) is 3. The lowest BCUT2D eigenvalue weighted by Gasteiger charge is -2.24. The molecule has 2 rings (SSSR count). The molecule has 0 spiro atoms. The number of halogens is 2. The van der Waals surface area contributed by atoms with E-state index in [0.717, 1.165) is 0 Å². The summed E-state index contributed by atoms with van der Waals surface area (Å²) in [7, 11) is -2.22. The van der Waals surface area contributed by atoms with Gasteiger partial charge in [-0.1, -0.05) is 23.7 Å². The van der Waals surface area contributed by atoms with E-state index in [2.05, 4.69) is 4.98 Å². The molecule has 21 heavy (non-hydrogen) atoms. The molecule has 4 nitrogen and oxygen atoms in total. The lowest BCUT2D eigenvalue weighted by atomic mass is 10.1. The molecule has 0 saturated carbocycles. The minimum Gasteiger partial charge on any atom is -0.243 e. The summed E-state index contributed by atoms with van der Waals surface area (Å²) < 4.78 is 39.1. The predicted octanol–water partition coefficient (Wildman–Crippen LogP) is 3.26. The molecule has 0 bridgehead atoms. The smallest absolute Gasteiger partial charge is 0.243 e. The third kappa shape index (κ3) is 3.40. The largest absolute Gasteiger partial charge is 0.244 e. The van der Waals surface area contributed by atoms with E-state index in [1.807, 2.05) is 0 Å². The van der Waals surface area contributed by atoms with Crippen molar-refractivity contribution >= 4 is 21.6 Å². The van der Waals surface area contributed by atoms with Crippen molar-refractivity contribution in [3.8, 4) is 0 Å². The lowest BCUT2D eigenvalue weighted by Crippen LogP contribution is -2.29. The van der Waals surface area contributed by atoms with Gasteiger partial charge in [0.2, 0.25) is 10.0 Å². The number of rotatable bonds is 4. The normalized spacial score (nSPS) is 13.4. The molecule has 1 aromatic heterocycles. The average Bonchev–Trinajstić information content (AvgIpc) is 2.47. The minimum absolute atomic E-state index is 0.0587. The molecular weight excluding hydrogens is 315 g/mol. The Morgan fingerprint density at radius 1 is 1.19 bits per heavy atom. The number of aromatic nitrogens is 1. The number of sulfonamides is 1. The van der Waals surface area contributed by atoms with Gasteiger partial charge in [0.05, 0.1) is 0 Å². The number of benzene rings is 1. The molecule has 112 valence electrons. The molecule has 2 aromatic rings. The molecule has 0 aliphatic carbocycles. The van der Waals surface area contributed by atoms with Crippen LogP contribution in [-0.2, 0) is 10.0 Å². The molecule has 0 amide bonds. The van der Waals surface area contributed by atoms with Gasteiger partial charge in [-0.2, -0.15) is 4.31 Å². The molecule has 1 unspecified atom stereocenters. The summed E-state index contributed by atoms with van der Waals surface area (Å²) in [6, 6.07) is 8.11. The molecule has 0 aliphatic rings. The van der Waals surface area contributed by atoms with Crippen molar-refractivity contribution in [2.45, 2.75) is 17.9 Å². The van der Waals surface area contributed by atoms with Crippen molar-refractivity contribution in [3.63, 3.8) is 0 Å². The van der Waals surface area contributed by atoms with Crippen LogP contribution in [0.4, 0.5) is 4.39 Å². The lowest BCUT2D eigenvalue weighted by molar-refractivity contribution is 0.398. The van der Waals surface area contributed by atoms with Crippen LogP contribution >= 0.6 is 11.6 Å². The molecule has 0 saturated heterocycles. The fraction of sp³-hybridized carbons (Fsp3) is 0.214. The second kappa shape index (κ2) is 6.09. The van der Waals surface area contributed by atoms with Crippen LogP contribution in [0, 0.1) is 5.82 Å². The van der Waals surface area contributed by atoms with Crippen molar-refractivity contribution in [2.75, 3.05) is 7.05 Å². The molecule has 0 radical (unpaired) electrons. The Labute approximate surface area is 128 Å². The Morgan fingerprint density at radius 3 is 2.33 bits per heavy atom. The number of hydrogen-bond donors (Lipinski definition) is 0. The fourth-order valence-electron chi connectivity index (χ4n) is 1.84. The highest BCUT2D eigenvalue weighted by Crippen LogP contribution is 2.25. The monoisotopic (exact) mass is 328 g/mol. The molecule has 7 heteroatoms. The van der Waals surface area contributed by atoms with Crippen molar-refractivity contribution < 1.29 is 12.8 Å². The van der Waals surface area contributed by atoms with Gasteiger partial charge in [0.1, 0.15) is 15.9 Å². The van der Waals surface area contributed by atoms with Crippen LogP contribution in [0.1, 0.15) is 18.5 Å². The quantitative estimate of drug-likeness (QED) is 0.809. The highest BCUT2D eigenvalue weighted by Gasteiger charge is 2.26. The van der Waals surface area contributed by atoms with E-state index < -0.39 is 16.1 Å². The van der Waals surface area contributed by atoms with E-state index in [4.69, 9.17) is 11.6 Å². The molecule has 1 heterocycles. The van der Waals surface area contributed by atoms with Crippen LogP contribution in [0.15, 0.2) is 47.5 Å². The fourth-order valence-corrected chi connectivity index (χ4v) is 3.25. The van der Waals surface area contributed by atoms with Crippen LogP contribution in [0.5, 0.6) is 0 Å². The third-order valence-corrected chi connectivity index (χ3v) is 5.41. The van der Waals surface area contributed by atoms with Gasteiger partial charge in [-0.25, -0.2) is 17.8 Å². The molecule has 0 fully saturated rings. The van der Waals surface area contributed by atoms with Crippen molar-refractivity contribution in [1.29, 1.82) is 0 Å². The molecular formula is C14H14ClFN2O2S. The first kappa shape index (κ1) is 15.9. The van der Waals surface area contributed by atoms with Crippen molar-refractivity contribution in [3.05, 3.63) is 59.1 Å². The summed E-state index contributed by atoms with van der Waals surface area (Å²) >= 11 is 5.66. The van der Waals surface area contributed by atoms with Crippen molar-refractivity contribution in [1.82, 2.24) is 9.29 Å². The first-order chi connectivity index (χ1) is 9.82. The standard InChI is InChI=1S/C14H14ClFN2O2S/c1-10(11-3-5-12(16)6-4-11)18(2)21(19,20)13-7-8-14(15)17-9-13/h3-10H,1-2H3. The summed E-state index contributed by atoms with van der Waals surface area (Å²) in [6.45, 7) is 1.73. The topological polar surface area (TPSA) is 50.3 Å². The van der Waals surface area contributed by atoms with Crippen LogP contribution < -0.4 is 0 Å². The zero-order chi connectivity index (χ0) is 15.6. The highest BCUT2D eigenvalue weighted by atomic mass is 35.5. The molecule has 0 N–H and O–H groups in total. The Morgan fingerprint density at radius 2 is 1.81 bits per heavy atom. The van der Waals surface area contributed by atoms with E-state index in [0.29, 0.717) is 5.56 Å². The second-order valence-electron chi connectivity index (χ2n) is 4.57. The van der Waals surface area contributed by atoms with E-state index in [9.17, 15) is 12.8 Å². The van der Waals surface area contributed by atoms with E-state index in [1.165, 1.54) is 41.8 Å². The van der Waals surface area contributed by atoms with Crippen LogP contribution in [0.3, 0.4) is 0 Å².